The summed E-state index contributed by atoms with van der Waals surface area (Å²) >= 11 is 10.3. The van der Waals surface area contributed by atoms with Crippen LogP contribution >= 0.6 is 27.5 Å². The van der Waals surface area contributed by atoms with Gasteiger partial charge < -0.3 is 29.7 Å². The number of halogens is 2. The van der Waals surface area contributed by atoms with Crippen LogP contribution in [0.15, 0.2) is 79.9 Å². The Balaban J connectivity index is 1.50. The van der Waals surface area contributed by atoms with Gasteiger partial charge in [0.2, 0.25) is 11.8 Å². The summed E-state index contributed by atoms with van der Waals surface area (Å²) < 4.78 is 12.9. The molecule has 2 aromatic carbocycles. The minimum Gasteiger partial charge on any atom is -0.455 e. The fourth-order valence-electron chi connectivity index (χ4n) is 7.51. The van der Waals surface area contributed by atoms with Crippen molar-refractivity contribution in [3.63, 3.8) is 0 Å². The number of alkyl halides is 1. The highest BCUT2D eigenvalue weighted by atomic mass is 79.9. The highest BCUT2D eigenvalue weighted by Gasteiger charge is 2.77. The largest absolute Gasteiger partial charge is 0.455 e. The van der Waals surface area contributed by atoms with Crippen molar-refractivity contribution in [1.29, 1.82) is 0 Å². The summed E-state index contributed by atoms with van der Waals surface area (Å²) in [5, 5.41) is 12.8. The normalized spacial score (nSPS) is 26.5. The number of ether oxygens (including phenoxy) is 2. The van der Waals surface area contributed by atoms with Crippen LogP contribution < -0.4 is 10.2 Å². The number of aliphatic hydroxyl groups is 1. The smallest absolute Gasteiger partial charge is 0.313 e. The number of hydrogen-bond acceptors (Lipinski definition) is 7. The van der Waals surface area contributed by atoms with Crippen molar-refractivity contribution in [3.8, 4) is 0 Å². The second-order valence-electron chi connectivity index (χ2n) is 12.8. The van der Waals surface area contributed by atoms with E-state index in [9.17, 15) is 24.3 Å². The lowest BCUT2D eigenvalue weighted by Crippen LogP contribution is -2.57. The van der Waals surface area contributed by atoms with Gasteiger partial charge in [0.1, 0.15) is 17.7 Å². The minimum absolute atomic E-state index is 0.0718. The van der Waals surface area contributed by atoms with E-state index in [2.05, 4.69) is 34.4 Å². The van der Waals surface area contributed by atoms with Crippen LogP contribution in [-0.4, -0.2) is 82.0 Å². The van der Waals surface area contributed by atoms with Gasteiger partial charge in [0, 0.05) is 30.9 Å². The van der Waals surface area contributed by atoms with Crippen molar-refractivity contribution < 1.29 is 33.8 Å². The van der Waals surface area contributed by atoms with E-state index in [-0.39, 0.29) is 42.8 Å². The Morgan fingerprint density at radius 1 is 1.16 bits per heavy atom. The monoisotopic (exact) mass is 755 g/mol. The SMILES string of the molecule is C=CCCC(=O)N[C@@H](C)[C@H](OC(=O)[C@H]1[C@@H]2O[C@@]3(CC2Br)[C@@H]1C(=O)N(CCCCO)[C@@H]3C(=O)N(CC=C)c1ccccc1Cl)c1ccccc1. The summed E-state index contributed by atoms with van der Waals surface area (Å²) in [6.45, 7) is 9.52. The van der Waals surface area contributed by atoms with Gasteiger partial charge in [-0.3, -0.25) is 19.2 Å². The number of hydrogen-bond donors (Lipinski definition) is 2. The Morgan fingerprint density at radius 3 is 2.55 bits per heavy atom. The predicted molar refractivity (Wildman–Crippen MR) is 190 cm³/mol. The Hall–Kier alpha value is -3.51. The molecule has 0 saturated carbocycles. The Labute approximate surface area is 300 Å². The van der Waals surface area contributed by atoms with Gasteiger partial charge in [0.15, 0.2) is 0 Å². The zero-order valence-electron chi connectivity index (χ0n) is 27.5. The maximum Gasteiger partial charge on any atom is 0.313 e. The van der Waals surface area contributed by atoms with Crippen molar-refractivity contribution in [2.75, 3.05) is 24.6 Å². The number of carbonyl (C=O) groups excluding carboxylic acids is 4. The van der Waals surface area contributed by atoms with E-state index in [0.29, 0.717) is 42.0 Å². The van der Waals surface area contributed by atoms with Gasteiger partial charge >= 0.3 is 5.97 Å². The van der Waals surface area contributed by atoms with Crippen molar-refractivity contribution in [2.24, 2.45) is 11.8 Å². The number of para-hydroxylation sites is 1. The highest BCUT2D eigenvalue weighted by Crippen LogP contribution is 2.60. The van der Waals surface area contributed by atoms with Gasteiger partial charge in [-0.2, -0.15) is 0 Å². The molecule has 2 N–H and O–H groups in total. The second-order valence-corrected chi connectivity index (χ2v) is 14.3. The summed E-state index contributed by atoms with van der Waals surface area (Å²) in [6, 6.07) is 14.4. The van der Waals surface area contributed by atoms with Crippen LogP contribution in [0, 0.1) is 11.8 Å². The zero-order valence-corrected chi connectivity index (χ0v) is 29.9. The first kappa shape index (κ1) is 36.8. The van der Waals surface area contributed by atoms with E-state index >= 15 is 0 Å². The predicted octanol–water partition coefficient (Wildman–Crippen LogP) is 5.13. The van der Waals surface area contributed by atoms with Gasteiger partial charge in [-0.25, -0.2) is 0 Å². The molecule has 0 aliphatic carbocycles. The van der Waals surface area contributed by atoms with Crippen LogP contribution in [0.25, 0.3) is 0 Å². The number of allylic oxidation sites excluding steroid dienone is 1. The molecule has 5 rings (SSSR count). The van der Waals surface area contributed by atoms with Gasteiger partial charge in [0.05, 0.1) is 34.7 Å². The third-order valence-corrected chi connectivity index (χ3v) is 10.8. The van der Waals surface area contributed by atoms with Gasteiger partial charge in [-0.1, -0.05) is 82.1 Å². The molecule has 12 heteroatoms. The Kier molecular flexibility index (Phi) is 12.0. The van der Waals surface area contributed by atoms with Crippen molar-refractivity contribution >= 4 is 56.9 Å². The summed E-state index contributed by atoms with van der Waals surface area (Å²) in [4.78, 5) is 58.9. The number of carbonyl (C=O) groups is 4. The van der Waals surface area contributed by atoms with Crippen molar-refractivity contribution in [1.82, 2.24) is 10.2 Å². The third-order valence-electron chi connectivity index (χ3n) is 9.61. The number of aliphatic hydroxyl groups excluding tert-OH is 1. The second kappa shape index (κ2) is 16.0. The van der Waals surface area contributed by atoms with Crippen molar-refractivity contribution in [2.45, 2.75) is 73.7 Å². The lowest BCUT2D eigenvalue weighted by atomic mass is 9.70. The number of fused-ring (bicyclic) bond motifs is 1. The zero-order chi connectivity index (χ0) is 35.3. The summed E-state index contributed by atoms with van der Waals surface area (Å²) in [7, 11) is 0. The van der Waals surface area contributed by atoms with Crippen molar-refractivity contribution in [3.05, 3.63) is 90.5 Å². The summed E-state index contributed by atoms with van der Waals surface area (Å²) in [6.07, 6.45) is 3.58. The molecule has 10 nitrogen and oxygen atoms in total. The topological polar surface area (TPSA) is 125 Å². The van der Waals surface area contributed by atoms with Crippen LogP contribution in [-0.2, 0) is 28.7 Å². The molecule has 3 saturated heterocycles. The minimum atomic E-state index is -1.33. The number of esters is 1. The van der Waals surface area contributed by atoms with Gasteiger partial charge in [0.25, 0.3) is 5.91 Å². The Bertz CT molecular complexity index is 1560. The third kappa shape index (κ3) is 7.22. The van der Waals surface area contributed by atoms with Crippen LogP contribution in [0.2, 0.25) is 5.02 Å². The number of rotatable bonds is 16. The van der Waals surface area contributed by atoms with E-state index in [1.165, 1.54) is 9.80 Å². The molecular formula is C37H43BrClN3O7. The molecule has 3 fully saturated rings. The van der Waals surface area contributed by atoms with Gasteiger partial charge in [-0.15, -0.1) is 13.2 Å². The fraction of sp³-hybridized carbons (Fsp3) is 0.459. The van der Waals surface area contributed by atoms with Crippen LogP contribution in [0.4, 0.5) is 5.69 Å². The molecule has 3 aliphatic rings. The molecule has 0 radical (unpaired) electrons. The maximum atomic E-state index is 14.7. The number of likely N-dealkylation sites (tertiary alicyclic amines) is 1. The van der Waals surface area contributed by atoms with E-state index in [0.717, 1.165) is 0 Å². The Morgan fingerprint density at radius 2 is 1.88 bits per heavy atom. The standard InChI is InChI=1S/C37H43BrClN3O7/c1-4-6-18-28(44)40-23(3)31(24-14-8-7-9-15-24)48-36(47)29-30-34(45)42(20-12-13-21-43)33(37(30)22-25(38)32(29)49-37)35(46)41(19-5-2)27-17-11-10-16-26(27)39/h4-5,7-11,14-17,23,25,29-33,43H,1-2,6,12-13,18-22H2,3H3,(H,40,44)/t23-,25?,29+,30-,31-,32+,33+,37-/m0/s1. The number of nitrogens with zero attached hydrogens (tertiary/aromatic N) is 2. The van der Waals surface area contributed by atoms with Crippen LogP contribution in [0.1, 0.15) is 50.7 Å². The molecule has 0 aromatic heterocycles. The first-order chi connectivity index (χ1) is 23.6. The molecule has 262 valence electrons. The molecule has 2 bridgehead atoms. The molecule has 49 heavy (non-hydrogen) atoms. The molecule has 3 aliphatic heterocycles. The number of amides is 3. The quantitative estimate of drug-likeness (QED) is 0.105. The number of anilines is 1. The number of benzene rings is 2. The molecule has 1 spiro atoms. The molecule has 3 amide bonds. The van der Waals surface area contributed by atoms with E-state index in [1.54, 1.807) is 43.3 Å². The average Bonchev–Trinajstić information content (AvgIpc) is 3.68. The molecule has 2 aromatic rings. The van der Waals surface area contributed by atoms with E-state index in [1.807, 2.05) is 30.3 Å². The summed E-state index contributed by atoms with van der Waals surface area (Å²) in [5.74, 6) is -3.65. The lowest BCUT2D eigenvalue weighted by molar-refractivity contribution is -0.162. The molecular weight excluding hydrogens is 714 g/mol. The average molecular weight is 757 g/mol. The van der Waals surface area contributed by atoms with E-state index in [4.69, 9.17) is 21.1 Å². The van der Waals surface area contributed by atoms with Gasteiger partial charge in [-0.05, 0) is 50.3 Å². The molecule has 3 heterocycles. The van der Waals surface area contributed by atoms with Crippen LogP contribution in [0.5, 0.6) is 0 Å². The van der Waals surface area contributed by atoms with Crippen LogP contribution in [0.3, 0.4) is 0 Å². The first-order valence-electron chi connectivity index (χ1n) is 16.6. The number of nitrogens with one attached hydrogen (secondary N) is 1. The van der Waals surface area contributed by atoms with E-state index < -0.39 is 53.6 Å². The fourth-order valence-corrected chi connectivity index (χ4v) is 8.69. The summed E-state index contributed by atoms with van der Waals surface area (Å²) in [5.41, 5.74) is -0.188. The molecule has 8 atom stereocenters. The number of unbranched alkanes of at least 4 members (excludes halogenated alkanes) is 1. The first-order valence-corrected chi connectivity index (χ1v) is 17.9. The maximum absolute atomic E-state index is 14.7. The molecule has 1 unspecified atom stereocenters. The highest BCUT2D eigenvalue weighted by molar-refractivity contribution is 9.09. The lowest BCUT2D eigenvalue weighted by Gasteiger charge is -2.37.